The Morgan fingerprint density at radius 2 is 1.26 bits per heavy atom. The van der Waals surface area contributed by atoms with Crippen molar-refractivity contribution in [1.29, 1.82) is 0 Å². The minimum Gasteiger partial charge on any atom is -0.505 e. The molecule has 1 atom stereocenters. The number of halogens is 4. The van der Waals surface area contributed by atoms with Crippen molar-refractivity contribution in [3.05, 3.63) is 64.2 Å². The third kappa shape index (κ3) is 7.05. The van der Waals surface area contributed by atoms with Crippen LogP contribution in [0.2, 0.25) is 0 Å². The highest BCUT2D eigenvalue weighted by Gasteiger charge is 2.36. The maximum absolute atomic E-state index is 14.9. The molecule has 0 amide bonds. The Morgan fingerprint density at radius 1 is 0.744 bits per heavy atom. The van der Waals surface area contributed by atoms with Gasteiger partial charge >= 0.3 is 5.97 Å². The molecule has 5 rings (SSSR count). The quantitative estimate of drug-likeness (QED) is 0.233. The van der Waals surface area contributed by atoms with Crippen molar-refractivity contribution in [2.75, 3.05) is 0 Å². The van der Waals surface area contributed by atoms with Crippen molar-refractivity contribution >= 4 is 5.97 Å². The second-order valence-corrected chi connectivity index (χ2v) is 13.1. The number of carbonyl (C=O) groups excluding carboxylic acids is 1. The summed E-state index contributed by atoms with van der Waals surface area (Å²) in [5.41, 5.74) is 0.685. The molecular formula is C35H44F4O4. The maximum Gasteiger partial charge on any atom is 0.309 e. The van der Waals surface area contributed by atoms with Crippen molar-refractivity contribution in [3.8, 4) is 5.75 Å². The van der Waals surface area contributed by atoms with Gasteiger partial charge in [0.25, 0.3) is 0 Å². The number of phenolic OH excluding ortho intramolecular Hbond substituents is 1. The maximum atomic E-state index is 14.9. The number of aliphatic hydroxyl groups is 1. The third-order valence-electron chi connectivity index (χ3n) is 10.5. The summed E-state index contributed by atoms with van der Waals surface area (Å²) < 4.78 is 63.7. The van der Waals surface area contributed by atoms with E-state index >= 15 is 0 Å². The van der Waals surface area contributed by atoms with Gasteiger partial charge in [-0.2, -0.15) is 4.39 Å². The lowest BCUT2D eigenvalue weighted by Gasteiger charge is -2.38. The fraction of sp³-hybridized carbons (Fsp3) is 0.629. The number of rotatable bonds is 8. The first-order valence-corrected chi connectivity index (χ1v) is 16.2. The predicted molar refractivity (Wildman–Crippen MR) is 155 cm³/mol. The molecule has 2 N–H and O–H groups in total. The van der Waals surface area contributed by atoms with Crippen LogP contribution in [0.15, 0.2) is 24.3 Å². The molecule has 3 fully saturated rings. The first-order valence-electron chi connectivity index (χ1n) is 16.2. The van der Waals surface area contributed by atoms with Gasteiger partial charge in [-0.25, -0.2) is 13.2 Å². The summed E-state index contributed by atoms with van der Waals surface area (Å²) in [7, 11) is 0. The summed E-state index contributed by atoms with van der Waals surface area (Å²) in [5.74, 6) is -4.15. The van der Waals surface area contributed by atoms with Gasteiger partial charge in [0.2, 0.25) is 5.82 Å². The smallest absolute Gasteiger partial charge is 0.309 e. The lowest BCUT2D eigenvalue weighted by molar-refractivity contribution is -0.157. The fourth-order valence-corrected chi connectivity index (χ4v) is 7.93. The number of hydrogen-bond donors (Lipinski definition) is 2. The molecule has 0 aliphatic heterocycles. The average Bonchev–Trinajstić information content (AvgIpc) is 3.02. The van der Waals surface area contributed by atoms with E-state index in [-0.39, 0.29) is 35.4 Å². The van der Waals surface area contributed by atoms with Gasteiger partial charge in [0, 0.05) is 5.56 Å². The number of phenols is 1. The van der Waals surface area contributed by atoms with Crippen LogP contribution < -0.4 is 0 Å². The van der Waals surface area contributed by atoms with Crippen LogP contribution in [0, 0.1) is 41.0 Å². The Labute approximate surface area is 251 Å². The van der Waals surface area contributed by atoms with Gasteiger partial charge in [0.15, 0.2) is 23.2 Å². The van der Waals surface area contributed by atoms with Crippen LogP contribution in [-0.4, -0.2) is 22.3 Å². The molecule has 0 spiro atoms. The van der Waals surface area contributed by atoms with E-state index in [1.165, 1.54) is 18.2 Å². The van der Waals surface area contributed by atoms with Gasteiger partial charge in [0.1, 0.15) is 6.10 Å². The van der Waals surface area contributed by atoms with E-state index < -0.39 is 35.1 Å². The molecule has 1 unspecified atom stereocenters. The lowest BCUT2D eigenvalue weighted by atomic mass is 9.69. The lowest BCUT2D eigenvalue weighted by Crippen LogP contribution is -2.32. The highest BCUT2D eigenvalue weighted by Crippen LogP contribution is 2.45. The molecule has 236 valence electrons. The number of carbonyl (C=O) groups is 1. The fourth-order valence-electron chi connectivity index (χ4n) is 7.93. The summed E-state index contributed by atoms with van der Waals surface area (Å²) in [4.78, 5) is 13.0. The average molecular weight is 605 g/mol. The van der Waals surface area contributed by atoms with Gasteiger partial charge in [-0.3, -0.25) is 4.79 Å². The van der Waals surface area contributed by atoms with E-state index in [0.717, 1.165) is 51.4 Å². The molecule has 0 aromatic heterocycles. The van der Waals surface area contributed by atoms with Gasteiger partial charge in [-0.05, 0) is 124 Å². The minimum absolute atomic E-state index is 0.00363. The molecule has 0 heterocycles. The van der Waals surface area contributed by atoms with Crippen LogP contribution in [-0.2, 0) is 9.53 Å². The Balaban J connectivity index is 1.05. The van der Waals surface area contributed by atoms with E-state index in [1.807, 2.05) is 6.92 Å². The minimum atomic E-state index is -1.17. The highest BCUT2D eigenvalue weighted by atomic mass is 19.2. The number of benzene rings is 2. The van der Waals surface area contributed by atoms with Gasteiger partial charge in [-0.1, -0.05) is 31.5 Å². The van der Waals surface area contributed by atoms with Crippen molar-refractivity contribution in [3.63, 3.8) is 0 Å². The standard InChI is InChI=1S/C35H44F4O4/c1-2-3-29(40)28-17-16-26(31(36)33(28)38)23-8-10-24(11-9-23)35(42)43-25-14-12-21(13-15-25)20-4-6-22(7-5-20)27-18-19-30(41)34(39)32(27)37/h16-25,29,40-41H,2-15H2,1H3. The molecule has 0 radical (unpaired) electrons. The Hall–Kier alpha value is -2.61. The zero-order chi connectivity index (χ0) is 30.7. The third-order valence-corrected chi connectivity index (χ3v) is 10.5. The predicted octanol–water partition coefficient (Wildman–Crippen LogP) is 9.13. The number of hydrogen-bond acceptors (Lipinski definition) is 4. The summed E-state index contributed by atoms with van der Waals surface area (Å²) in [6.07, 6.45) is 9.38. The number of ether oxygens (including phenoxy) is 1. The normalized spacial score (nSPS) is 28.8. The molecule has 3 saturated carbocycles. The molecule has 0 saturated heterocycles. The first kappa shape index (κ1) is 31.8. The molecule has 8 heteroatoms. The van der Waals surface area contributed by atoms with Crippen LogP contribution in [0.25, 0.3) is 0 Å². The van der Waals surface area contributed by atoms with Gasteiger partial charge in [-0.15, -0.1) is 0 Å². The van der Waals surface area contributed by atoms with Gasteiger partial charge in [0.05, 0.1) is 12.0 Å². The van der Waals surface area contributed by atoms with Crippen molar-refractivity contribution in [2.45, 2.75) is 121 Å². The molecule has 3 aliphatic carbocycles. The number of aromatic hydroxyl groups is 1. The summed E-state index contributed by atoms with van der Waals surface area (Å²) in [5, 5.41) is 19.5. The largest absolute Gasteiger partial charge is 0.505 e. The summed E-state index contributed by atoms with van der Waals surface area (Å²) >= 11 is 0. The first-order chi connectivity index (χ1) is 20.7. The second kappa shape index (κ2) is 14.0. The Bertz CT molecular complexity index is 1260. The van der Waals surface area contributed by atoms with E-state index in [9.17, 15) is 32.6 Å². The van der Waals surface area contributed by atoms with Crippen LogP contribution in [0.5, 0.6) is 5.75 Å². The molecule has 4 nitrogen and oxygen atoms in total. The van der Waals surface area contributed by atoms with E-state index in [4.69, 9.17) is 4.74 Å². The van der Waals surface area contributed by atoms with E-state index in [0.29, 0.717) is 61.5 Å². The van der Waals surface area contributed by atoms with Crippen LogP contribution in [0.1, 0.15) is 131 Å². The zero-order valence-corrected chi connectivity index (χ0v) is 25.0. The highest BCUT2D eigenvalue weighted by molar-refractivity contribution is 5.72. The molecule has 3 aliphatic rings. The topological polar surface area (TPSA) is 66.8 Å². The number of aliphatic hydroxyl groups excluding tert-OH is 1. The zero-order valence-electron chi connectivity index (χ0n) is 25.0. The van der Waals surface area contributed by atoms with E-state index in [1.54, 1.807) is 6.07 Å². The van der Waals surface area contributed by atoms with Gasteiger partial charge < -0.3 is 14.9 Å². The Kier molecular flexibility index (Phi) is 10.4. The summed E-state index contributed by atoms with van der Waals surface area (Å²) in [6.45, 7) is 1.88. The summed E-state index contributed by atoms with van der Waals surface area (Å²) in [6, 6.07) is 5.81. The molecule has 2 aromatic rings. The van der Waals surface area contributed by atoms with Crippen LogP contribution >= 0.6 is 0 Å². The molecule has 43 heavy (non-hydrogen) atoms. The van der Waals surface area contributed by atoms with E-state index in [2.05, 4.69) is 0 Å². The molecule has 0 bridgehead atoms. The second-order valence-electron chi connectivity index (χ2n) is 13.1. The Morgan fingerprint density at radius 3 is 1.84 bits per heavy atom. The molecular weight excluding hydrogens is 560 g/mol. The van der Waals surface area contributed by atoms with Crippen molar-refractivity contribution in [2.24, 2.45) is 17.8 Å². The molecule has 2 aromatic carbocycles. The SMILES string of the molecule is CCCC(O)c1ccc(C2CCC(C(=O)OC3CCC(C4CCC(c5ccc(O)c(F)c5F)CC4)CC3)CC2)c(F)c1F. The number of esters is 1. The monoisotopic (exact) mass is 604 g/mol. The van der Waals surface area contributed by atoms with Crippen LogP contribution in [0.4, 0.5) is 17.6 Å². The van der Waals surface area contributed by atoms with Crippen LogP contribution in [0.3, 0.4) is 0 Å². The van der Waals surface area contributed by atoms with Crippen molar-refractivity contribution in [1.82, 2.24) is 0 Å². The van der Waals surface area contributed by atoms with Crippen molar-refractivity contribution < 1.29 is 37.3 Å².